The van der Waals surface area contributed by atoms with E-state index in [4.69, 9.17) is 9.47 Å². The summed E-state index contributed by atoms with van der Waals surface area (Å²) in [6.45, 7) is 2.31. The summed E-state index contributed by atoms with van der Waals surface area (Å²) in [5, 5.41) is 0. The van der Waals surface area contributed by atoms with Crippen LogP contribution in [0.15, 0.2) is 24.3 Å². The minimum absolute atomic E-state index is 0.0528. The van der Waals surface area contributed by atoms with E-state index in [1.165, 1.54) is 0 Å². The highest BCUT2D eigenvalue weighted by Crippen LogP contribution is 2.32. The van der Waals surface area contributed by atoms with E-state index in [-0.39, 0.29) is 19.2 Å². The summed E-state index contributed by atoms with van der Waals surface area (Å²) in [6.07, 6.45) is -4.24. The molecule has 2 fully saturated rings. The van der Waals surface area contributed by atoms with E-state index >= 15 is 0 Å². The molecule has 0 spiro atoms. The third-order valence-corrected chi connectivity index (χ3v) is 4.87. The van der Waals surface area contributed by atoms with Crippen molar-refractivity contribution in [3.8, 4) is 5.75 Å². The van der Waals surface area contributed by atoms with Crippen LogP contribution >= 0.6 is 0 Å². The molecule has 2 aliphatic heterocycles. The van der Waals surface area contributed by atoms with Gasteiger partial charge in [-0.1, -0.05) is 12.1 Å². The van der Waals surface area contributed by atoms with Crippen molar-refractivity contribution >= 4 is 5.69 Å². The topological polar surface area (TPSA) is 24.9 Å². The second kappa shape index (κ2) is 7.19. The highest BCUT2D eigenvalue weighted by molar-refractivity contribution is 5.58. The second-order valence-corrected chi connectivity index (χ2v) is 6.29. The number of para-hydroxylation sites is 2. The van der Waals surface area contributed by atoms with E-state index in [1.54, 1.807) is 7.11 Å². The fraction of sp³-hybridized carbons (Fsp3) is 0.647. The predicted octanol–water partition coefficient (Wildman–Crippen LogP) is 2.93. The van der Waals surface area contributed by atoms with Gasteiger partial charge in [-0.25, -0.2) is 0 Å². The van der Waals surface area contributed by atoms with Crippen molar-refractivity contribution in [1.29, 1.82) is 0 Å². The summed E-state index contributed by atoms with van der Waals surface area (Å²) in [4.78, 5) is 4.19. The van der Waals surface area contributed by atoms with Crippen LogP contribution in [0.2, 0.25) is 0 Å². The van der Waals surface area contributed by atoms with Crippen molar-refractivity contribution in [3.05, 3.63) is 24.3 Å². The number of methoxy groups -OCH3 is 1. The zero-order chi connectivity index (χ0) is 17.2. The lowest BCUT2D eigenvalue weighted by atomic mass is 10.0. The number of nitrogens with zero attached hydrogens (tertiary/aromatic N) is 2. The van der Waals surface area contributed by atoms with Gasteiger partial charge in [-0.15, -0.1) is 0 Å². The largest absolute Gasteiger partial charge is 0.495 e. The number of alkyl halides is 3. The summed E-state index contributed by atoms with van der Waals surface area (Å²) in [5.74, 6) is 0.833. The van der Waals surface area contributed by atoms with Crippen LogP contribution in [-0.4, -0.2) is 63.1 Å². The first-order valence-electron chi connectivity index (χ1n) is 8.29. The van der Waals surface area contributed by atoms with Gasteiger partial charge < -0.3 is 14.4 Å². The molecule has 0 radical (unpaired) electrons. The molecule has 0 aromatic heterocycles. The quantitative estimate of drug-likeness (QED) is 0.842. The van der Waals surface area contributed by atoms with Crippen molar-refractivity contribution in [2.24, 2.45) is 0 Å². The number of ether oxygens (including phenoxy) is 2. The Balaban J connectivity index is 1.59. The number of halogens is 3. The smallest absolute Gasteiger partial charge is 0.415 e. The molecule has 4 nitrogen and oxygen atoms in total. The number of hydrogen-bond acceptors (Lipinski definition) is 4. The number of benzene rings is 1. The van der Waals surface area contributed by atoms with Gasteiger partial charge >= 0.3 is 6.18 Å². The van der Waals surface area contributed by atoms with Crippen molar-refractivity contribution in [2.45, 2.75) is 31.2 Å². The maximum Gasteiger partial charge on any atom is 0.415 e. The number of morpholine rings is 1. The molecule has 0 saturated carbocycles. The molecule has 0 N–H and O–H groups in total. The zero-order valence-corrected chi connectivity index (χ0v) is 13.8. The van der Waals surface area contributed by atoms with Crippen LogP contribution in [0.3, 0.4) is 0 Å². The van der Waals surface area contributed by atoms with Gasteiger partial charge in [0.05, 0.1) is 19.4 Å². The number of anilines is 1. The molecule has 1 aromatic rings. The maximum absolute atomic E-state index is 12.9. The normalized spacial score (nSPS) is 24.2. The Hall–Kier alpha value is -1.47. The minimum atomic E-state index is -4.28. The maximum atomic E-state index is 12.9. The molecule has 1 aromatic carbocycles. The second-order valence-electron chi connectivity index (χ2n) is 6.29. The Morgan fingerprint density at radius 2 is 1.83 bits per heavy atom. The van der Waals surface area contributed by atoms with Crippen LogP contribution in [-0.2, 0) is 4.74 Å². The average molecular weight is 344 g/mol. The summed E-state index contributed by atoms with van der Waals surface area (Å²) in [5.41, 5.74) is 1.05. The molecule has 1 unspecified atom stereocenters. The third kappa shape index (κ3) is 3.78. The first kappa shape index (κ1) is 17.4. The molecule has 2 saturated heterocycles. The SMILES string of the molecule is COc1ccccc1N1CCC(N2CCOC(C(F)(F)F)C2)CC1. The van der Waals surface area contributed by atoms with Gasteiger partial charge in [-0.3, -0.25) is 4.90 Å². The Bertz CT molecular complexity index is 545. The van der Waals surface area contributed by atoms with Crippen LogP contribution in [0, 0.1) is 0 Å². The van der Waals surface area contributed by atoms with E-state index in [2.05, 4.69) is 4.90 Å². The van der Waals surface area contributed by atoms with Crippen molar-refractivity contribution in [1.82, 2.24) is 4.90 Å². The summed E-state index contributed by atoms with van der Waals surface area (Å²) < 4.78 is 48.9. The van der Waals surface area contributed by atoms with Crippen LogP contribution in [0.4, 0.5) is 18.9 Å². The highest BCUT2D eigenvalue weighted by Gasteiger charge is 2.44. The van der Waals surface area contributed by atoms with E-state index in [9.17, 15) is 13.2 Å². The molecule has 1 atom stereocenters. The summed E-state index contributed by atoms with van der Waals surface area (Å²) in [7, 11) is 1.65. The van der Waals surface area contributed by atoms with Gasteiger partial charge in [0.2, 0.25) is 0 Å². The fourth-order valence-electron chi connectivity index (χ4n) is 3.56. The standard InChI is InChI=1S/C17H23F3N2O2/c1-23-15-5-3-2-4-14(15)21-8-6-13(7-9-21)22-10-11-24-16(12-22)17(18,19)20/h2-5,13,16H,6-12H2,1H3. The van der Waals surface area contributed by atoms with Crippen LogP contribution < -0.4 is 9.64 Å². The van der Waals surface area contributed by atoms with Gasteiger partial charge in [-0.05, 0) is 25.0 Å². The Labute approximate surface area is 140 Å². The monoisotopic (exact) mass is 344 g/mol. The Morgan fingerprint density at radius 3 is 2.50 bits per heavy atom. The van der Waals surface area contributed by atoms with Crippen molar-refractivity contribution < 1.29 is 22.6 Å². The minimum Gasteiger partial charge on any atom is -0.495 e. The number of hydrogen-bond donors (Lipinski definition) is 0. The fourth-order valence-corrected chi connectivity index (χ4v) is 3.56. The van der Waals surface area contributed by atoms with E-state index in [0.29, 0.717) is 6.54 Å². The molecule has 2 aliphatic rings. The first-order chi connectivity index (χ1) is 11.5. The van der Waals surface area contributed by atoms with Crippen LogP contribution in [0.1, 0.15) is 12.8 Å². The molecule has 0 amide bonds. The highest BCUT2D eigenvalue weighted by atomic mass is 19.4. The summed E-state index contributed by atoms with van der Waals surface area (Å²) in [6, 6.07) is 8.04. The number of rotatable bonds is 3. The molecule has 7 heteroatoms. The van der Waals surface area contributed by atoms with E-state index in [0.717, 1.165) is 37.4 Å². The van der Waals surface area contributed by atoms with Gasteiger partial charge in [0.15, 0.2) is 6.10 Å². The van der Waals surface area contributed by atoms with E-state index < -0.39 is 12.3 Å². The summed E-state index contributed by atoms with van der Waals surface area (Å²) >= 11 is 0. The van der Waals surface area contributed by atoms with Gasteiger partial charge in [0, 0.05) is 32.2 Å². The molecule has 3 rings (SSSR count). The molecule has 2 heterocycles. The van der Waals surface area contributed by atoms with Crippen molar-refractivity contribution in [3.63, 3.8) is 0 Å². The van der Waals surface area contributed by atoms with Gasteiger partial charge in [0.25, 0.3) is 0 Å². The first-order valence-corrected chi connectivity index (χ1v) is 8.29. The lowest BCUT2D eigenvalue weighted by Crippen LogP contribution is -2.54. The van der Waals surface area contributed by atoms with Gasteiger partial charge in [0.1, 0.15) is 5.75 Å². The third-order valence-electron chi connectivity index (χ3n) is 4.87. The van der Waals surface area contributed by atoms with Crippen molar-refractivity contribution in [2.75, 3.05) is 44.8 Å². The predicted molar refractivity (Wildman–Crippen MR) is 85.6 cm³/mol. The lowest BCUT2D eigenvalue weighted by molar-refractivity contribution is -0.239. The number of piperidine rings is 1. The molecular formula is C17H23F3N2O2. The lowest BCUT2D eigenvalue weighted by Gasteiger charge is -2.43. The Morgan fingerprint density at radius 1 is 1.12 bits per heavy atom. The van der Waals surface area contributed by atoms with Gasteiger partial charge in [-0.2, -0.15) is 13.2 Å². The molecule has 0 aliphatic carbocycles. The molecule has 0 bridgehead atoms. The van der Waals surface area contributed by atoms with E-state index in [1.807, 2.05) is 29.2 Å². The molecule has 24 heavy (non-hydrogen) atoms. The van der Waals surface area contributed by atoms with Crippen LogP contribution in [0.25, 0.3) is 0 Å². The molecule has 134 valence electrons. The Kier molecular flexibility index (Phi) is 5.20. The zero-order valence-electron chi connectivity index (χ0n) is 13.8. The average Bonchev–Trinajstić information content (AvgIpc) is 2.61. The molecular weight excluding hydrogens is 321 g/mol. The van der Waals surface area contributed by atoms with Crippen LogP contribution in [0.5, 0.6) is 5.75 Å².